The van der Waals surface area contributed by atoms with E-state index in [9.17, 15) is 13.2 Å². The number of carboxylic acids is 1. The number of hydrogen-bond donors (Lipinski definition) is 2. The molecule has 0 radical (unpaired) electrons. The first kappa shape index (κ1) is 16.7. The van der Waals surface area contributed by atoms with Crippen LogP contribution in [0, 0.1) is 5.92 Å². The number of rotatable bonds is 6. The molecule has 1 aromatic rings. The number of methoxy groups -OCH3 is 1. The Bertz CT molecular complexity index is 611. The van der Waals surface area contributed by atoms with E-state index in [1.54, 1.807) is 6.92 Å². The van der Waals surface area contributed by atoms with Gasteiger partial charge >= 0.3 is 5.97 Å². The lowest BCUT2D eigenvalue weighted by Crippen LogP contribution is -2.18. The SMILES string of the molecule is COc1c(C(=O)O)cc(Cl)cc1S(=O)(=O)CC(C)CO. The molecule has 0 saturated heterocycles. The maximum atomic E-state index is 12.3. The number of carboxylic acid groups (broad SMARTS) is 1. The van der Waals surface area contributed by atoms with E-state index in [1.807, 2.05) is 0 Å². The second-order valence-electron chi connectivity index (χ2n) is 4.36. The van der Waals surface area contributed by atoms with Gasteiger partial charge in [0.1, 0.15) is 10.5 Å². The van der Waals surface area contributed by atoms with Crippen LogP contribution in [0.4, 0.5) is 0 Å². The van der Waals surface area contributed by atoms with E-state index >= 15 is 0 Å². The van der Waals surface area contributed by atoms with Gasteiger partial charge in [0.15, 0.2) is 15.6 Å². The molecular formula is C12H15ClO6S. The van der Waals surface area contributed by atoms with Crippen LogP contribution < -0.4 is 4.74 Å². The molecule has 0 amide bonds. The zero-order valence-corrected chi connectivity index (χ0v) is 12.5. The Morgan fingerprint density at radius 1 is 1.45 bits per heavy atom. The summed E-state index contributed by atoms with van der Waals surface area (Å²) in [6.45, 7) is 1.26. The van der Waals surface area contributed by atoms with Crippen LogP contribution in [0.15, 0.2) is 17.0 Å². The topological polar surface area (TPSA) is 101 Å². The molecule has 1 aromatic carbocycles. The third-order valence-corrected chi connectivity index (χ3v) is 4.80. The summed E-state index contributed by atoms with van der Waals surface area (Å²) in [6, 6.07) is 2.27. The highest BCUT2D eigenvalue weighted by Gasteiger charge is 2.27. The number of ether oxygens (including phenoxy) is 1. The molecule has 8 heteroatoms. The van der Waals surface area contributed by atoms with Gasteiger partial charge in [-0.15, -0.1) is 0 Å². The quantitative estimate of drug-likeness (QED) is 0.822. The first-order valence-corrected chi connectivity index (χ1v) is 7.70. The normalized spacial score (nSPS) is 13.0. The molecule has 1 rings (SSSR count). The van der Waals surface area contributed by atoms with Gasteiger partial charge in [0, 0.05) is 11.6 Å². The summed E-state index contributed by atoms with van der Waals surface area (Å²) in [7, 11) is -2.64. The Balaban J connectivity index is 3.48. The molecule has 2 N–H and O–H groups in total. The van der Waals surface area contributed by atoms with E-state index in [-0.39, 0.29) is 33.6 Å². The van der Waals surface area contributed by atoms with E-state index in [0.717, 1.165) is 12.1 Å². The van der Waals surface area contributed by atoms with Crippen LogP contribution in [0.1, 0.15) is 17.3 Å². The maximum absolute atomic E-state index is 12.3. The van der Waals surface area contributed by atoms with Gasteiger partial charge in [-0.05, 0) is 18.1 Å². The molecule has 0 fully saturated rings. The lowest BCUT2D eigenvalue weighted by Gasteiger charge is -2.14. The second-order valence-corrected chi connectivity index (χ2v) is 6.80. The summed E-state index contributed by atoms with van der Waals surface area (Å²) < 4.78 is 29.4. The molecule has 0 aliphatic heterocycles. The van der Waals surface area contributed by atoms with Crippen molar-refractivity contribution in [3.8, 4) is 5.75 Å². The largest absolute Gasteiger partial charge is 0.494 e. The van der Waals surface area contributed by atoms with Gasteiger partial charge < -0.3 is 14.9 Å². The molecule has 0 aliphatic rings. The van der Waals surface area contributed by atoms with Crippen molar-refractivity contribution >= 4 is 27.4 Å². The maximum Gasteiger partial charge on any atom is 0.339 e. The summed E-state index contributed by atoms with van der Waals surface area (Å²) in [5, 5.41) is 18.0. The number of halogens is 1. The molecule has 0 aromatic heterocycles. The van der Waals surface area contributed by atoms with Gasteiger partial charge in [-0.1, -0.05) is 18.5 Å². The van der Waals surface area contributed by atoms with Crippen molar-refractivity contribution in [3.63, 3.8) is 0 Å². The van der Waals surface area contributed by atoms with Gasteiger partial charge in [0.05, 0.1) is 12.9 Å². The average Bonchev–Trinajstić information content (AvgIpc) is 2.36. The summed E-state index contributed by atoms with van der Waals surface area (Å²) >= 11 is 5.77. The number of aliphatic hydroxyl groups is 1. The van der Waals surface area contributed by atoms with Crippen molar-refractivity contribution in [1.29, 1.82) is 0 Å². The fourth-order valence-electron chi connectivity index (χ4n) is 1.69. The van der Waals surface area contributed by atoms with E-state index in [1.165, 1.54) is 7.11 Å². The number of aromatic carboxylic acids is 1. The first-order valence-electron chi connectivity index (χ1n) is 5.67. The lowest BCUT2D eigenvalue weighted by atomic mass is 10.2. The van der Waals surface area contributed by atoms with Gasteiger partial charge in [-0.25, -0.2) is 13.2 Å². The van der Waals surface area contributed by atoms with Gasteiger partial charge in [-0.3, -0.25) is 0 Å². The van der Waals surface area contributed by atoms with E-state index in [2.05, 4.69) is 0 Å². The van der Waals surface area contributed by atoms with E-state index < -0.39 is 21.7 Å². The van der Waals surface area contributed by atoms with Crippen LogP contribution in [0.25, 0.3) is 0 Å². The third kappa shape index (κ3) is 3.62. The molecule has 20 heavy (non-hydrogen) atoms. The van der Waals surface area contributed by atoms with Crippen molar-refractivity contribution in [2.45, 2.75) is 11.8 Å². The Morgan fingerprint density at radius 3 is 2.50 bits per heavy atom. The molecule has 0 bridgehead atoms. The average molecular weight is 323 g/mol. The number of hydrogen-bond acceptors (Lipinski definition) is 5. The minimum atomic E-state index is -3.83. The van der Waals surface area contributed by atoms with Crippen molar-refractivity contribution in [1.82, 2.24) is 0 Å². The van der Waals surface area contributed by atoms with E-state index in [0.29, 0.717) is 0 Å². The Hall–Kier alpha value is -1.31. The molecule has 0 saturated carbocycles. The molecule has 1 unspecified atom stereocenters. The number of aliphatic hydroxyl groups excluding tert-OH is 1. The second kappa shape index (κ2) is 6.43. The van der Waals surface area contributed by atoms with Crippen LogP contribution in [0.5, 0.6) is 5.75 Å². The Labute approximate surface area is 121 Å². The third-order valence-electron chi connectivity index (χ3n) is 2.60. The minimum Gasteiger partial charge on any atom is -0.494 e. The minimum absolute atomic E-state index is 0.0153. The summed E-state index contributed by atoms with van der Waals surface area (Å²) in [5.74, 6) is -2.42. The highest BCUT2D eigenvalue weighted by atomic mass is 35.5. The fraction of sp³-hybridized carbons (Fsp3) is 0.417. The molecular weight excluding hydrogens is 308 g/mol. The summed E-state index contributed by atoms with van der Waals surface area (Å²) in [6.07, 6.45) is 0. The Kier molecular flexibility index (Phi) is 5.38. The van der Waals surface area contributed by atoms with Gasteiger partial charge in [0.2, 0.25) is 0 Å². The molecule has 0 spiro atoms. The van der Waals surface area contributed by atoms with Crippen LogP contribution in [-0.4, -0.2) is 44.1 Å². The number of benzene rings is 1. The smallest absolute Gasteiger partial charge is 0.339 e. The lowest BCUT2D eigenvalue weighted by molar-refractivity contribution is 0.0693. The summed E-state index contributed by atoms with van der Waals surface area (Å²) in [4.78, 5) is 10.8. The van der Waals surface area contributed by atoms with Gasteiger partial charge in [-0.2, -0.15) is 0 Å². The van der Waals surface area contributed by atoms with Crippen molar-refractivity contribution in [3.05, 3.63) is 22.7 Å². The van der Waals surface area contributed by atoms with Crippen LogP contribution >= 0.6 is 11.6 Å². The first-order chi connectivity index (χ1) is 9.22. The molecule has 0 heterocycles. The van der Waals surface area contributed by atoms with Gasteiger partial charge in [0.25, 0.3) is 0 Å². The van der Waals surface area contributed by atoms with Crippen molar-refractivity contribution < 1.29 is 28.2 Å². The highest BCUT2D eigenvalue weighted by Crippen LogP contribution is 2.33. The highest BCUT2D eigenvalue weighted by molar-refractivity contribution is 7.91. The van der Waals surface area contributed by atoms with Crippen LogP contribution in [-0.2, 0) is 9.84 Å². The predicted molar refractivity (Wildman–Crippen MR) is 73.3 cm³/mol. The zero-order valence-electron chi connectivity index (χ0n) is 11.0. The molecule has 0 aliphatic carbocycles. The van der Waals surface area contributed by atoms with Crippen molar-refractivity contribution in [2.24, 2.45) is 5.92 Å². The Morgan fingerprint density at radius 2 is 2.05 bits per heavy atom. The number of carbonyl (C=O) groups is 1. The van der Waals surface area contributed by atoms with E-state index in [4.69, 9.17) is 26.6 Å². The zero-order chi connectivity index (χ0) is 15.5. The molecule has 112 valence electrons. The summed E-state index contributed by atoms with van der Waals surface area (Å²) in [5.41, 5.74) is -0.324. The van der Waals surface area contributed by atoms with Crippen LogP contribution in [0.2, 0.25) is 5.02 Å². The standard InChI is InChI=1S/C12H15ClO6S/c1-7(5-14)6-20(17,18)10-4-8(13)3-9(12(15)16)11(10)19-2/h3-4,7,14H,5-6H2,1-2H3,(H,15,16). The monoisotopic (exact) mass is 322 g/mol. The molecule has 1 atom stereocenters. The predicted octanol–water partition coefficient (Wildman–Crippen LogP) is 1.45. The van der Waals surface area contributed by atoms with Crippen molar-refractivity contribution in [2.75, 3.05) is 19.5 Å². The van der Waals surface area contributed by atoms with Crippen LogP contribution in [0.3, 0.4) is 0 Å². The molecule has 6 nitrogen and oxygen atoms in total. The number of sulfone groups is 1. The fourth-order valence-corrected chi connectivity index (χ4v) is 3.79.